The number of hydrogen-bond donors (Lipinski definition) is 0. The first kappa shape index (κ1) is 30.9. The predicted molar refractivity (Wildman–Crippen MR) is 160 cm³/mol. The Morgan fingerprint density at radius 3 is 2.52 bits per heavy atom. The number of benzene rings is 1. The number of carbonyl (C=O) groups excluding carboxylic acids is 2. The van der Waals surface area contributed by atoms with E-state index in [0.717, 1.165) is 18.6 Å². The number of amides is 2. The minimum Gasteiger partial charge on any atom is -0.383 e. The van der Waals surface area contributed by atoms with Gasteiger partial charge in [-0.25, -0.2) is 23.6 Å². The number of carbonyl (C=O) groups is 2. The minimum absolute atomic E-state index is 0.0405. The number of rotatable bonds is 12. The van der Waals surface area contributed by atoms with Gasteiger partial charge in [0, 0.05) is 63.5 Å². The highest BCUT2D eigenvalue weighted by molar-refractivity contribution is 6.07. The van der Waals surface area contributed by atoms with Crippen molar-refractivity contribution >= 4 is 29.2 Å². The van der Waals surface area contributed by atoms with Crippen LogP contribution in [0.5, 0.6) is 0 Å². The van der Waals surface area contributed by atoms with Gasteiger partial charge in [-0.05, 0) is 49.6 Å². The number of halogens is 2. The van der Waals surface area contributed by atoms with Crippen LogP contribution in [0.25, 0.3) is 0 Å². The molecule has 232 valence electrons. The molecular formula is C31H34F2N6O5. The number of nitrogens with zero attached hydrogens (tertiary/aromatic N) is 6. The molecule has 3 aromatic rings. The molecule has 0 spiro atoms. The van der Waals surface area contributed by atoms with E-state index in [9.17, 15) is 28.0 Å². The van der Waals surface area contributed by atoms with Gasteiger partial charge in [-0.15, -0.1) is 0 Å². The molecule has 0 N–H and O–H groups in total. The molecule has 2 aliphatic rings. The Morgan fingerprint density at radius 2 is 1.86 bits per heavy atom. The molecule has 0 unspecified atom stereocenters. The lowest BCUT2D eigenvalue weighted by molar-refractivity contribution is -0.127. The van der Waals surface area contributed by atoms with Crippen molar-refractivity contribution in [3.63, 3.8) is 0 Å². The van der Waals surface area contributed by atoms with Gasteiger partial charge in [-0.1, -0.05) is 6.92 Å². The van der Waals surface area contributed by atoms with Crippen LogP contribution in [0.1, 0.15) is 54.1 Å². The quantitative estimate of drug-likeness (QED) is 0.312. The average molecular weight is 609 g/mol. The van der Waals surface area contributed by atoms with Crippen LogP contribution in [0.2, 0.25) is 0 Å². The second kappa shape index (κ2) is 13.4. The second-order valence-electron chi connectivity index (χ2n) is 10.7. The summed E-state index contributed by atoms with van der Waals surface area (Å²) in [5, 5.41) is 0. The first-order valence-corrected chi connectivity index (χ1v) is 14.7. The van der Waals surface area contributed by atoms with Crippen molar-refractivity contribution in [2.24, 2.45) is 4.99 Å². The van der Waals surface area contributed by atoms with Gasteiger partial charge >= 0.3 is 5.69 Å². The summed E-state index contributed by atoms with van der Waals surface area (Å²) in [7, 11) is 1.50. The van der Waals surface area contributed by atoms with E-state index in [1.807, 2.05) is 6.92 Å². The average Bonchev–Trinajstić information content (AvgIpc) is 3.65. The third-order valence-electron chi connectivity index (χ3n) is 7.79. The van der Waals surface area contributed by atoms with Gasteiger partial charge in [0.05, 0.1) is 24.4 Å². The maximum Gasteiger partial charge on any atom is 0.332 e. The zero-order valence-electron chi connectivity index (χ0n) is 24.7. The standard InChI is InChI=1S/C31H34F2N6O5/c1-3-11-38-28-22(30(42)39(31(38)43)15-16-44-2)18-25(35-28)21-8-10-26(34-19-21)37(14-5-13-36-12-4-6-27(36)40)29(41)20-7-9-23(32)24(33)17-20/h7-10,17,19H,3-6,11-16,18H2,1-2H3. The van der Waals surface area contributed by atoms with Gasteiger partial charge in [-0.3, -0.25) is 28.4 Å². The summed E-state index contributed by atoms with van der Waals surface area (Å²) < 4.78 is 35.3. The molecule has 0 radical (unpaired) electrons. The summed E-state index contributed by atoms with van der Waals surface area (Å²) in [6, 6.07) is 6.30. The third-order valence-corrected chi connectivity index (χ3v) is 7.79. The molecule has 13 heteroatoms. The van der Waals surface area contributed by atoms with E-state index < -0.39 is 28.8 Å². The Balaban J connectivity index is 1.42. The van der Waals surface area contributed by atoms with E-state index >= 15 is 0 Å². The molecule has 1 aromatic carbocycles. The van der Waals surface area contributed by atoms with Crippen molar-refractivity contribution in [2.75, 3.05) is 38.3 Å². The topological polar surface area (TPSA) is 119 Å². The normalized spacial score (nSPS) is 14.2. The molecule has 2 aromatic heterocycles. The number of likely N-dealkylation sites (tertiary alicyclic amines) is 1. The molecule has 44 heavy (non-hydrogen) atoms. The number of ether oxygens (including phenoxy) is 1. The number of fused-ring (bicyclic) bond motifs is 1. The number of anilines is 1. The lowest BCUT2D eigenvalue weighted by atomic mass is 10.1. The van der Waals surface area contributed by atoms with Gasteiger partial charge in [0.25, 0.3) is 11.5 Å². The van der Waals surface area contributed by atoms with Crippen molar-refractivity contribution in [2.45, 2.75) is 52.1 Å². The molecule has 1 fully saturated rings. The molecule has 0 atom stereocenters. The number of aliphatic imine (C=N–C) groups is 1. The summed E-state index contributed by atoms with van der Waals surface area (Å²) in [6.07, 6.45) is 4.15. The lowest BCUT2D eigenvalue weighted by Crippen LogP contribution is -2.42. The molecule has 2 aliphatic heterocycles. The van der Waals surface area contributed by atoms with Crippen LogP contribution in [-0.2, 0) is 29.0 Å². The Hall–Kier alpha value is -4.52. The molecule has 1 saturated heterocycles. The van der Waals surface area contributed by atoms with E-state index in [0.29, 0.717) is 61.6 Å². The van der Waals surface area contributed by atoms with Crippen LogP contribution in [-0.4, -0.2) is 69.9 Å². The molecule has 4 heterocycles. The highest BCUT2D eigenvalue weighted by Gasteiger charge is 2.27. The molecule has 0 aliphatic carbocycles. The van der Waals surface area contributed by atoms with Crippen molar-refractivity contribution < 1.29 is 23.1 Å². The Bertz CT molecular complexity index is 1720. The zero-order chi connectivity index (χ0) is 31.4. The van der Waals surface area contributed by atoms with Crippen LogP contribution in [0.3, 0.4) is 0 Å². The van der Waals surface area contributed by atoms with Crippen LogP contribution >= 0.6 is 0 Å². The van der Waals surface area contributed by atoms with Crippen molar-refractivity contribution in [1.82, 2.24) is 19.0 Å². The van der Waals surface area contributed by atoms with E-state index in [2.05, 4.69) is 9.98 Å². The Labute approximate surface area is 252 Å². The first-order valence-electron chi connectivity index (χ1n) is 14.7. The second-order valence-corrected chi connectivity index (χ2v) is 10.7. The molecule has 0 saturated carbocycles. The van der Waals surface area contributed by atoms with Gasteiger partial charge in [0.15, 0.2) is 11.6 Å². The van der Waals surface area contributed by atoms with Crippen LogP contribution < -0.4 is 16.1 Å². The van der Waals surface area contributed by atoms with E-state index in [4.69, 9.17) is 4.74 Å². The van der Waals surface area contributed by atoms with Gasteiger partial charge < -0.3 is 9.64 Å². The minimum atomic E-state index is -1.14. The number of aromatic nitrogens is 3. The maximum absolute atomic E-state index is 14.0. The van der Waals surface area contributed by atoms with E-state index in [1.54, 1.807) is 17.0 Å². The molecule has 5 rings (SSSR count). The highest BCUT2D eigenvalue weighted by Crippen LogP contribution is 2.26. The number of pyridine rings is 1. The van der Waals surface area contributed by atoms with Crippen LogP contribution in [0.4, 0.5) is 20.4 Å². The fourth-order valence-corrected chi connectivity index (χ4v) is 5.52. The summed E-state index contributed by atoms with van der Waals surface area (Å²) in [4.78, 5) is 64.1. The Morgan fingerprint density at radius 1 is 1.05 bits per heavy atom. The van der Waals surface area contributed by atoms with Crippen molar-refractivity contribution in [3.05, 3.63) is 85.7 Å². The summed E-state index contributed by atoms with van der Waals surface area (Å²) in [5.41, 5.74) is 0.689. The summed E-state index contributed by atoms with van der Waals surface area (Å²) in [5.74, 6) is -2.08. The van der Waals surface area contributed by atoms with Gasteiger partial charge in [0.2, 0.25) is 5.91 Å². The fourth-order valence-electron chi connectivity index (χ4n) is 5.52. The molecule has 2 amide bonds. The maximum atomic E-state index is 14.0. The molecule has 0 bridgehead atoms. The predicted octanol–water partition coefficient (Wildman–Crippen LogP) is 3.08. The van der Waals surface area contributed by atoms with Crippen LogP contribution in [0, 0.1) is 11.6 Å². The first-order chi connectivity index (χ1) is 21.2. The SMILES string of the molecule is CCCn1c2c(c(=O)n(CCOC)c1=O)CC(c1ccc(N(CCCN3CCCC3=O)C(=O)c3ccc(F)c(F)c3)nc1)=N2. The monoisotopic (exact) mass is 608 g/mol. The van der Waals surface area contributed by atoms with Crippen molar-refractivity contribution in [3.8, 4) is 0 Å². The van der Waals surface area contributed by atoms with Crippen molar-refractivity contribution in [1.29, 1.82) is 0 Å². The van der Waals surface area contributed by atoms with E-state index in [-0.39, 0.29) is 43.4 Å². The summed E-state index contributed by atoms with van der Waals surface area (Å²) >= 11 is 0. The fraction of sp³-hybridized carbons (Fsp3) is 0.419. The number of hydrogen-bond acceptors (Lipinski definition) is 7. The molecule has 11 nitrogen and oxygen atoms in total. The molecular weight excluding hydrogens is 574 g/mol. The largest absolute Gasteiger partial charge is 0.383 e. The zero-order valence-corrected chi connectivity index (χ0v) is 24.7. The number of methoxy groups -OCH3 is 1. The van der Waals surface area contributed by atoms with Gasteiger partial charge in [0.1, 0.15) is 11.6 Å². The van der Waals surface area contributed by atoms with Gasteiger partial charge in [-0.2, -0.15) is 0 Å². The Kier molecular flexibility index (Phi) is 9.43. The third kappa shape index (κ3) is 6.23. The van der Waals surface area contributed by atoms with E-state index in [1.165, 1.54) is 33.4 Å². The summed E-state index contributed by atoms with van der Waals surface area (Å²) in [6.45, 7) is 3.97. The smallest absolute Gasteiger partial charge is 0.332 e. The lowest BCUT2D eigenvalue weighted by Gasteiger charge is -2.24. The van der Waals surface area contributed by atoms with Crippen LogP contribution in [0.15, 0.2) is 51.1 Å². The highest BCUT2D eigenvalue weighted by atomic mass is 19.2.